The number of nitrogens with zero attached hydrogens (tertiary/aromatic N) is 3. The summed E-state index contributed by atoms with van der Waals surface area (Å²) in [5.41, 5.74) is 1.50. The van der Waals surface area contributed by atoms with E-state index in [1.807, 2.05) is 39.8 Å². The van der Waals surface area contributed by atoms with Crippen LogP contribution in [0.15, 0.2) is 24.4 Å². The van der Waals surface area contributed by atoms with Crippen LogP contribution in [-0.4, -0.2) is 76.8 Å². The van der Waals surface area contributed by atoms with Crippen LogP contribution in [0.3, 0.4) is 0 Å². The van der Waals surface area contributed by atoms with E-state index in [1.54, 1.807) is 24.1 Å². The van der Waals surface area contributed by atoms with Crippen molar-refractivity contribution < 1.29 is 33.6 Å². The number of carbonyl (C=O) groups is 2. The number of rotatable bonds is 4. The lowest BCUT2D eigenvalue weighted by molar-refractivity contribution is -0.124. The van der Waals surface area contributed by atoms with Gasteiger partial charge in [0.1, 0.15) is 11.4 Å². The molecule has 1 amide bonds. The molecular formula is C31H41N3O7. The molecule has 0 saturated carbocycles. The number of likely N-dealkylation sites (tertiary alicyclic amines) is 1. The van der Waals surface area contributed by atoms with Gasteiger partial charge >= 0.3 is 12.1 Å². The van der Waals surface area contributed by atoms with Crippen molar-refractivity contribution >= 4 is 17.9 Å². The van der Waals surface area contributed by atoms with Gasteiger partial charge in [-0.2, -0.15) is 0 Å². The van der Waals surface area contributed by atoms with Crippen molar-refractivity contribution in [2.45, 2.75) is 84.9 Å². The maximum absolute atomic E-state index is 12.6. The zero-order valence-corrected chi connectivity index (χ0v) is 25.0. The largest absolute Gasteiger partial charge is 0.478 e. The number of pyridine rings is 1. The van der Waals surface area contributed by atoms with Gasteiger partial charge in [-0.15, -0.1) is 0 Å². The van der Waals surface area contributed by atoms with Gasteiger partial charge in [-0.3, -0.25) is 0 Å². The van der Waals surface area contributed by atoms with Gasteiger partial charge < -0.3 is 33.9 Å². The second-order valence-corrected chi connectivity index (χ2v) is 12.6. The number of carboxylic acids is 1. The monoisotopic (exact) mass is 567 g/mol. The topological polar surface area (TPSA) is 111 Å². The lowest BCUT2D eigenvalue weighted by Crippen LogP contribution is -2.50. The summed E-state index contributed by atoms with van der Waals surface area (Å²) in [6.07, 6.45) is 2.98. The molecule has 10 nitrogen and oxygen atoms in total. The highest BCUT2D eigenvalue weighted by Gasteiger charge is 2.48. The number of carboxylic acid groups (broad SMARTS) is 1. The standard InChI is InChI=1S/C31H41N3O7/c1-18-16-34(17-19(2)38-18)25-9-8-21(15-32-25)24-14-23(28(35)36)20(3)26-27(24)40-31(7,39-26)22-10-12-33(13-11-22)29(37)41-30(4,5)6/h8-9,14-15,18-19,22H,10-13,16-17H2,1-7H3,(H,35,36)/t18-,19+,31?. The number of benzene rings is 1. The Morgan fingerprint density at radius 2 is 1.71 bits per heavy atom. The molecule has 2 fully saturated rings. The van der Waals surface area contributed by atoms with E-state index in [0.717, 1.165) is 24.5 Å². The zero-order valence-electron chi connectivity index (χ0n) is 25.0. The first-order valence-electron chi connectivity index (χ1n) is 14.4. The number of morpholine rings is 1. The molecule has 10 heteroatoms. The first kappa shape index (κ1) is 29.0. The number of aromatic nitrogens is 1. The summed E-state index contributed by atoms with van der Waals surface area (Å²) in [4.78, 5) is 33.4. The molecule has 4 heterocycles. The van der Waals surface area contributed by atoms with Crippen LogP contribution < -0.4 is 14.4 Å². The van der Waals surface area contributed by atoms with Crippen molar-refractivity contribution in [2.75, 3.05) is 31.1 Å². The predicted octanol–water partition coefficient (Wildman–Crippen LogP) is 5.50. The van der Waals surface area contributed by atoms with E-state index >= 15 is 0 Å². The van der Waals surface area contributed by atoms with Gasteiger partial charge in [0.15, 0.2) is 11.5 Å². The molecule has 222 valence electrons. The van der Waals surface area contributed by atoms with Gasteiger partial charge in [0.25, 0.3) is 5.79 Å². The number of hydrogen-bond acceptors (Lipinski definition) is 8. The summed E-state index contributed by atoms with van der Waals surface area (Å²) in [7, 11) is 0. The quantitative estimate of drug-likeness (QED) is 0.512. The minimum atomic E-state index is -1.03. The van der Waals surface area contributed by atoms with Crippen LogP contribution in [-0.2, 0) is 9.47 Å². The predicted molar refractivity (Wildman–Crippen MR) is 154 cm³/mol. The third-order valence-electron chi connectivity index (χ3n) is 8.01. The molecule has 0 aliphatic carbocycles. The Kier molecular flexibility index (Phi) is 7.57. The van der Waals surface area contributed by atoms with Crippen molar-refractivity contribution in [3.05, 3.63) is 35.5 Å². The molecule has 41 heavy (non-hydrogen) atoms. The van der Waals surface area contributed by atoms with Crippen LogP contribution >= 0.6 is 0 Å². The van der Waals surface area contributed by atoms with Gasteiger partial charge in [0, 0.05) is 61.9 Å². The molecule has 5 rings (SSSR count). The number of carbonyl (C=O) groups excluding carboxylic acids is 1. The van der Waals surface area contributed by atoms with E-state index in [2.05, 4.69) is 18.7 Å². The van der Waals surface area contributed by atoms with Crippen molar-refractivity contribution in [1.29, 1.82) is 0 Å². The molecule has 3 aliphatic rings. The maximum atomic E-state index is 12.6. The third-order valence-corrected chi connectivity index (χ3v) is 8.01. The van der Waals surface area contributed by atoms with Gasteiger partial charge in [0.2, 0.25) is 0 Å². The second-order valence-electron chi connectivity index (χ2n) is 12.6. The van der Waals surface area contributed by atoms with Gasteiger partial charge in [-0.1, -0.05) is 0 Å². The maximum Gasteiger partial charge on any atom is 0.410 e. The molecule has 0 bridgehead atoms. The lowest BCUT2D eigenvalue weighted by Gasteiger charge is -2.39. The minimum Gasteiger partial charge on any atom is -0.478 e. The lowest BCUT2D eigenvalue weighted by atomic mass is 9.89. The molecular weight excluding hydrogens is 526 g/mol. The fraction of sp³-hybridized carbons (Fsp3) is 0.581. The van der Waals surface area contributed by atoms with E-state index in [9.17, 15) is 14.7 Å². The van der Waals surface area contributed by atoms with Crippen LogP contribution in [0.25, 0.3) is 11.1 Å². The van der Waals surface area contributed by atoms with E-state index < -0.39 is 17.4 Å². The number of aromatic carboxylic acids is 1. The molecule has 1 unspecified atom stereocenters. The number of ether oxygens (including phenoxy) is 4. The van der Waals surface area contributed by atoms with Crippen molar-refractivity contribution in [3.8, 4) is 22.6 Å². The Balaban J connectivity index is 1.39. The van der Waals surface area contributed by atoms with Crippen LogP contribution in [0.5, 0.6) is 11.5 Å². The van der Waals surface area contributed by atoms with Gasteiger partial charge in [-0.05, 0) is 72.6 Å². The zero-order chi connectivity index (χ0) is 29.7. The summed E-state index contributed by atoms with van der Waals surface area (Å²) in [5, 5.41) is 9.99. The number of fused-ring (bicyclic) bond motifs is 1. The van der Waals surface area contributed by atoms with Crippen LogP contribution in [0.4, 0.5) is 10.6 Å². The molecule has 1 N–H and O–H groups in total. The summed E-state index contributed by atoms with van der Waals surface area (Å²) >= 11 is 0. The van der Waals surface area contributed by atoms with Crippen molar-refractivity contribution in [1.82, 2.24) is 9.88 Å². The summed E-state index contributed by atoms with van der Waals surface area (Å²) in [6.45, 7) is 15.9. The fourth-order valence-corrected chi connectivity index (χ4v) is 6.00. The van der Waals surface area contributed by atoms with Gasteiger partial charge in [0.05, 0.1) is 17.8 Å². The highest BCUT2D eigenvalue weighted by atomic mass is 16.7. The highest BCUT2D eigenvalue weighted by molar-refractivity contribution is 5.94. The minimum absolute atomic E-state index is 0.0140. The Morgan fingerprint density at radius 1 is 1.07 bits per heavy atom. The Morgan fingerprint density at radius 3 is 2.27 bits per heavy atom. The smallest absolute Gasteiger partial charge is 0.410 e. The summed E-state index contributed by atoms with van der Waals surface area (Å²) in [5.74, 6) is -0.247. The Labute approximate surface area is 241 Å². The summed E-state index contributed by atoms with van der Waals surface area (Å²) < 4.78 is 24.4. The number of amides is 1. The van der Waals surface area contributed by atoms with E-state index in [0.29, 0.717) is 48.6 Å². The number of piperidine rings is 1. The molecule has 1 aromatic heterocycles. The highest BCUT2D eigenvalue weighted by Crippen LogP contribution is 2.52. The molecule has 3 atom stereocenters. The van der Waals surface area contributed by atoms with Gasteiger partial charge in [-0.25, -0.2) is 14.6 Å². The average Bonchev–Trinajstić information content (AvgIpc) is 3.27. The van der Waals surface area contributed by atoms with Crippen LogP contribution in [0.2, 0.25) is 0 Å². The number of hydrogen-bond donors (Lipinski definition) is 1. The second kappa shape index (κ2) is 10.7. The number of anilines is 1. The van der Waals surface area contributed by atoms with E-state index in [-0.39, 0.29) is 29.8 Å². The van der Waals surface area contributed by atoms with Crippen LogP contribution in [0, 0.1) is 12.8 Å². The molecule has 1 aromatic carbocycles. The van der Waals surface area contributed by atoms with E-state index in [4.69, 9.17) is 23.9 Å². The normalized spacial score (nSPS) is 24.9. The molecule has 2 saturated heterocycles. The molecule has 3 aliphatic heterocycles. The molecule has 2 aromatic rings. The first-order valence-corrected chi connectivity index (χ1v) is 14.4. The Hall–Kier alpha value is -3.53. The van der Waals surface area contributed by atoms with Crippen LogP contribution in [0.1, 0.15) is 70.3 Å². The van der Waals surface area contributed by atoms with Crippen molar-refractivity contribution in [3.63, 3.8) is 0 Å². The summed E-state index contributed by atoms with van der Waals surface area (Å²) in [6, 6.07) is 5.54. The SMILES string of the molecule is Cc1c(C(=O)O)cc(-c2ccc(N3C[C@@H](C)O[C@@H](C)C3)nc2)c2c1OC(C)(C1CCN(C(=O)OC(C)(C)C)CC1)O2. The fourth-order valence-electron chi connectivity index (χ4n) is 6.00. The van der Waals surface area contributed by atoms with Crippen molar-refractivity contribution in [2.24, 2.45) is 5.92 Å². The third kappa shape index (κ3) is 5.93. The Bertz CT molecular complexity index is 1300. The molecule has 0 spiro atoms. The first-order chi connectivity index (χ1) is 19.2. The average molecular weight is 568 g/mol. The molecule has 0 radical (unpaired) electrons. The van der Waals surface area contributed by atoms with E-state index in [1.165, 1.54) is 0 Å².